The van der Waals surface area contributed by atoms with Gasteiger partial charge in [-0.15, -0.1) is 0 Å². The molecule has 0 bridgehead atoms. The Balaban J connectivity index is 2.90. The normalized spacial score (nSPS) is 11.7. The molecule has 0 aliphatic rings. The van der Waals surface area contributed by atoms with Gasteiger partial charge in [-0.25, -0.2) is 8.42 Å². The van der Waals surface area contributed by atoms with E-state index in [1.54, 1.807) is 12.1 Å². The summed E-state index contributed by atoms with van der Waals surface area (Å²) < 4.78 is 26.8. The molecule has 0 atom stereocenters. The molecule has 0 amide bonds. The summed E-state index contributed by atoms with van der Waals surface area (Å²) in [6, 6.07) is 5.32. The van der Waals surface area contributed by atoms with Crippen LogP contribution in [0.3, 0.4) is 0 Å². The molecule has 1 aromatic rings. The van der Waals surface area contributed by atoms with Crippen molar-refractivity contribution in [2.75, 3.05) is 17.1 Å². The van der Waals surface area contributed by atoms with Crippen molar-refractivity contribution in [2.24, 2.45) is 5.41 Å². The molecule has 0 unspecified atom stereocenters. The Morgan fingerprint density at radius 3 is 2.48 bits per heavy atom. The fourth-order valence-electron chi connectivity index (χ4n) is 1.85. The highest BCUT2D eigenvalue weighted by Crippen LogP contribution is 2.21. The Kier molecular flexibility index (Phi) is 5.82. The Morgan fingerprint density at radius 2 is 1.95 bits per heavy atom. The lowest BCUT2D eigenvalue weighted by Crippen LogP contribution is -2.26. The number of aliphatic hydroxyl groups excluding tert-OH is 1. The van der Waals surface area contributed by atoms with Gasteiger partial charge < -0.3 is 5.11 Å². The third-order valence-electron chi connectivity index (χ3n) is 2.58. The summed E-state index contributed by atoms with van der Waals surface area (Å²) in [5, 5.41) is 8.68. The van der Waals surface area contributed by atoms with Gasteiger partial charge in [0.15, 0.2) is 0 Å². The third kappa shape index (κ3) is 6.65. The van der Waals surface area contributed by atoms with Crippen LogP contribution < -0.4 is 4.72 Å². The highest BCUT2D eigenvalue weighted by atomic mass is 32.2. The van der Waals surface area contributed by atoms with Crippen molar-refractivity contribution in [1.29, 1.82) is 0 Å². The summed E-state index contributed by atoms with van der Waals surface area (Å²) in [6.07, 6.45) is 0.430. The van der Waals surface area contributed by atoms with Gasteiger partial charge in [-0.05, 0) is 36.1 Å². The molecular formula is C16H23NO3S. The van der Waals surface area contributed by atoms with E-state index in [1.165, 1.54) is 0 Å². The second kappa shape index (κ2) is 6.97. The molecule has 0 heterocycles. The van der Waals surface area contributed by atoms with Crippen molar-refractivity contribution in [1.82, 2.24) is 0 Å². The van der Waals surface area contributed by atoms with Gasteiger partial charge in [0.1, 0.15) is 0 Å². The van der Waals surface area contributed by atoms with Gasteiger partial charge in [0.05, 0.1) is 18.0 Å². The summed E-state index contributed by atoms with van der Waals surface area (Å²) >= 11 is 0. The predicted molar refractivity (Wildman–Crippen MR) is 86.6 cm³/mol. The van der Waals surface area contributed by atoms with Crippen LogP contribution in [-0.4, -0.2) is 25.9 Å². The first-order chi connectivity index (χ1) is 9.63. The van der Waals surface area contributed by atoms with Crippen LogP contribution in [-0.2, 0) is 10.0 Å². The van der Waals surface area contributed by atoms with E-state index in [0.29, 0.717) is 12.1 Å². The number of hydrogen-bond donors (Lipinski definition) is 2. The topological polar surface area (TPSA) is 66.4 Å². The zero-order valence-electron chi connectivity index (χ0n) is 13.0. The number of nitrogens with one attached hydrogen (secondary N) is 1. The van der Waals surface area contributed by atoms with E-state index in [4.69, 9.17) is 5.11 Å². The van der Waals surface area contributed by atoms with Crippen LogP contribution >= 0.6 is 0 Å². The first-order valence-electron chi connectivity index (χ1n) is 6.84. The lowest BCUT2D eigenvalue weighted by molar-refractivity contribution is 0.305. The van der Waals surface area contributed by atoms with Crippen molar-refractivity contribution < 1.29 is 13.5 Å². The number of aliphatic hydroxyl groups is 1. The molecule has 0 radical (unpaired) electrons. The summed E-state index contributed by atoms with van der Waals surface area (Å²) in [5.41, 5.74) is 1.91. The molecule has 4 nitrogen and oxygen atoms in total. The predicted octanol–water partition coefficient (Wildman–Crippen LogP) is 2.52. The van der Waals surface area contributed by atoms with Crippen molar-refractivity contribution >= 4 is 15.7 Å². The fraction of sp³-hybridized carbons (Fsp3) is 0.500. The number of anilines is 1. The van der Waals surface area contributed by atoms with Gasteiger partial charge in [0.25, 0.3) is 0 Å². The summed E-state index contributed by atoms with van der Waals surface area (Å²) in [6.45, 7) is 7.54. The van der Waals surface area contributed by atoms with Crippen LogP contribution in [0.4, 0.5) is 5.69 Å². The van der Waals surface area contributed by atoms with Crippen LogP contribution in [0.15, 0.2) is 18.2 Å². The number of sulfonamides is 1. The molecule has 0 aromatic heterocycles. The van der Waals surface area contributed by atoms with Crippen LogP contribution in [0.5, 0.6) is 0 Å². The van der Waals surface area contributed by atoms with E-state index in [1.807, 2.05) is 33.8 Å². The number of rotatable bonds is 4. The molecule has 0 aliphatic heterocycles. The Hall–Kier alpha value is -1.51. The number of hydrogen-bond acceptors (Lipinski definition) is 3. The van der Waals surface area contributed by atoms with Crippen molar-refractivity contribution in [3.8, 4) is 11.8 Å². The Morgan fingerprint density at radius 1 is 1.29 bits per heavy atom. The molecule has 5 heteroatoms. The average Bonchev–Trinajstić information content (AvgIpc) is 2.29. The molecule has 0 fully saturated rings. The van der Waals surface area contributed by atoms with Crippen molar-refractivity contribution in [3.05, 3.63) is 29.3 Å². The largest absolute Gasteiger partial charge is 0.395 e. The smallest absolute Gasteiger partial charge is 0.233 e. The van der Waals surface area contributed by atoms with Crippen LogP contribution in [0.25, 0.3) is 0 Å². The molecular weight excluding hydrogens is 286 g/mol. The lowest BCUT2D eigenvalue weighted by Gasteiger charge is -2.19. The van der Waals surface area contributed by atoms with Gasteiger partial charge in [0.2, 0.25) is 10.0 Å². The van der Waals surface area contributed by atoms with Gasteiger partial charge in [-0.3, -0.25) is 4.72 Å². The van der Waals surface area contributed by atoms with E-state index < -0.39 is 10.0 Å². The molecule has 1 aromatic carbocycles. The number of benzene rings is 1. The first kappa shape index (κ1) is 17.5. The number of aryl methyl sites for hydroxylation is 1. The van der Waals surface area contributed by atoms with E-state index in [-0.39, 0.29) is 17.8 Å². The zero-order chi connectivity index (χ0) is 16.1. The van der Waals surface area contributed by atoms with E-state index in [9.17, 15) is 8.42 Å². The van der Waals surface area contributed by atoms with Crippen LogP contribution in [0.1, 0.15) is 38.3 Å². The second-order valence-electron chi connectivity index (χ2n) is 6.23. The maximum atomic E-state index is 12.1. The van der Waals surface area contributed by atoms with Crippen LogP contribution in [0.2, 0.25) is 0 Å². The first-order valence-corrected chi connectivity index (χ1v) is 8.49. The monoisotopic (exact) mass is 309 g/mol. The maximum absolute atomic E-state index is 12.1. The summed E-state index contributed by atoms with van der Waals surface area (Å²) in [4.78, 5) is 0. The SMILES string of the molecule is Cc1cc(C#CCCO)ccc1NS(=O)(=O)CC(C)(C)C. The van der Waals surface area contributed by atoms with Gasteiger partial charge in [0, 0.05) is 12.0 Å². The molecule has 116 valence electrons. The van der Waals surface area contributed by atoms with E-state index >= 15 is 0 Å². The fourth-order valence-corrected chi connectivity index (χ4v) is 3.63. The molecule has 0 saturated carbocycles. The molecule has 2 N–H and O–H groups in total. The van der Waals surface area contributed by atoms with Gasteiger partial charge in [-0.2, -0.15) is 0 Å². The maximum Gasteiger partial charge on any atom is 0.233 e. The third-order valence-corrected chi connectivity index (χ3v) is 4.36. The minimum atomic E-state index is -3.37. The molecule has 0 spiro atoms. The second-order valence-corrected chi connectivity index (χ2v) is 7.95. The zero-order valence-corrected chi connectivity index (χ0v) is 13.8. The highest BCUT2D eigenvalue weighted by Gasteiger charge is 2.21. The average molecular weight is 309 g/mol. The summed E-state index contributed by atoms with van der Waals surface area (Å²) in [5.74, 6) is 5.83. The van der Waals surface area contributed by atoms with Gasteiger partial charge in [-0.1, -0.05) is 32.6 Å². The Bertz CT molecular complexity index is 646. The van der Waals surface area contributed by atoms with Crippen molar-refractivity contribution in [2.45, 2.75) is 34.1 Å². The molecule has 0 aliphatic carbocycles. The lowest BCUT2D eigenvalue weighted by atomic mass is 10.0. The van der Waals surface area contributed by atoms with Gasteiger partial charge >= 0.3 is 0 Å². The highest BCUT2D eigenvalue weighted by molar-refractivity contribution is 7.92. The van der Waals surface area contributed by atoms with Crippen molar-refractivity contribution in [3.63, 3.8) is 0 Å². The van der Waals surface area contributed by atoms with E-state index in [0.717, 1.165) is 11.1 Å². The van der Waals surface area contributed by atoms with E-state index in [2.05, 4.69) is 16.6 Å². The Labute approximate surface area is 127 Å². The minimum absolute atomic E-state index is 0.0384. The molecule has 1 rings (SSSR count). The quantitative estimate of drug-likeness (QED) is 0.840. The van der Waals surface area contributed by atoms with Crippen LogP contribution in [0, 0.1) is 24.2 Å². The molecule has 21 heavy (non-hydrogen) atoms. The summed E-state index contributed by atoms with van der Waals surface area (Å²) in [7, 11) is -3.37. The standard InChI is InChI=1S/C16H23NO3S/c1-13-11-14(7-5-6-10-18)8-9-15(13)17-21(19,20)12-16(2,3)4/h8-9,11,17-18H,6,10,12H2,1-4H3. The molecule has 0 saturated heterocycles. The minimum Gasteiger partial charge on any atom is -0.395 e.